The average Bonchev–Trinajstić information content (AvgIpc) is 2.38. The highest BCUT2D eigenvalue weighted by atomic mass is 14.4. The van der Waals surface area contributed by atoms with E-state index in [0.29, 0.717) is 0 Å². The van der Waals surface area contributed by atoms with Crippen molar-refractivity contribution < 1.29 is 0 Å². The Hall–Kier alpha value is 0.0649. The fraction of sp³-hybridized carbons (Fsp3) is 1.00. The van der Waals surface area contributed by atoms with Gasteiger partial charge in [0, 0.05) is 0 Å². The first kappa shape index (κ1) is 15.9. The molecule has 4 rings (SSSR count). The molecule has 2 saturated heterocycles. The fourth-order valence-electron chi connectivity index (χ4n) is 5.98. The minimum atomic E-state index is 0.946. The Kier molecular flexibility index (Phi) is 5.06. The second kappa shape index (κ2) is 6.67. The average molecular weight is 287 g/mol. The summed E-state index contributed by atoms with van der Waals surface area (Å²) in [7, 11) is 2.83. The zero-order chi connectivity index (χ0) is 15.0. The summed E-state index contributed by atoms with van der Waals surface area (Å²) in [4.78, 5) is 0. The lowest BCUT2D eigenvalue weighted by molar-refractivity contribution is 0.118. The van der Waals surface area contributed by atoms with Crippen LogP contribution in [-0.4, -0.2) is 7.28 Å². The smallest absolute Gasteiger partial charge is 0.0771 e. The molecule has 4 aliphatic rings. The van der Waals surface area contributed by atoms with Gasteiger partial charge in [0.05, 0.1) is 0 Å². The maximum absolute atomic E-state index is 2.83. The van der Waals surface area contributed by atoms with Gasteiger partial charge in [-0.25, -0.2) is 0 Å². The van der Waals surface area contributed by atoms with Gasteiger partial charge in [-0.15, -0.1) is 0 Å². The molecular formula is C20H36B. The molecule has 0 amide bonds. The largest absolute Gasteiger partial charge is 0.114 e. The van der Waals surface area contributed by atoms with E-state index in [1.807, 2.05) is 0 Å². The molecule has 2 aliphatic carbocycles. The second-order valence-corrected chi connectivity index (χ2v) is 9.39. The van der Waals surface area contributed by atoms with Gasteiger partial charge in [-0.05, 0) is 73.5 Å². The monoisotopic (exact) mass is 287 g/mol. The molecule has 6 atom stereocenters. The molecule has 2 aliphatic heterocycles. The van der Waals surface area contributed by atoms with Crippen molar-refractivity contribution in [3.63, 3.8) is 0 Å². The number of fused-ring (bicyclic) bond motifs is 8. The van der Waals surface area contributed by atoms with Gasteiger partial charge in [-0.1, -0.05) is 52.7 Å². The SMILES string of the molecule is CC1CCC(C)C2CC(C)CC(C[B]C2C2CC(C)C2)C1. The summed E-state index contributed by atoms with van der Waals surface area (Å²) in [5, 5.41) is 0. The van der Waals surface area contributed by atoms with E-state index >= 15 is 0 Å². The Bertz CT molecular complexity index is 331. The van der Waals surface area contributed by atoms with E-state index in [9.17, 15) is 0 Å². The molecule has 0 spiro atoms. The second-order valence-electron chi connectivity index (χ2n) is 9.39. The van der Waals surface area contributed by atoms with E-state index in [-0.39, 0.29) is 0 Å². The molecule has 119 valence electrons. The molecule has 0 nitrogen and oxygen atoms in total. The molecule has 0 aromatic rings. The normalized spacial score (nSPS) is 51.6. The molecule has 6 unspecified atom stereocenters. The molecular weight excluding hydrogens is 251 g/mol. The van der Waals surface area contributed by atoms with Crippen molar-refractivity contribution >= 4 is 7.28 Å². The van der Waals surface area contributed by atoms with Crippen LogP contribution in [0.15, 0.2) is 0 Å². The third-order valence-corrected chi connectivity index (χ3v) is 7.18. The van der Waals surface area contributed by atoms with Crippen LogP contribution in [0.1, 0.15) is 72.6 Å². The third kappa shape index (κ3) is 3.70. The van der Waals surface area contributed by atoms with Crippen molar-refractivity contribution in [2.75, 3.05) is 0 Å². The number of hydrogen-bond donors (Lipinski definition) is 0. The first-order valence-corrected chi connectivity index (χ1v) is 9.86. The predicted molar refractivity (Wildman–Crippen MR) is 93.8 cm³/mol. The lowest BCUT2D eigenvalue weighted by Crippen LogP contribution is -2.38. The molecule has 21 heavy (non-hydrogen) atoms. The van der Waals surface area contributed by atoms with Crippen molar-refractivity contribution in [2.24, 2.45) is 41.4 Å². The van der Waals surface area contributed by atoms with Crippen LogP contribution < -0.4 is 0 Å². The Morgan fingerprint density at radius 1 is 0.714 bits per heavy atom. The fourth-order valence-corrected chi connectivity index (χ4v) is 5.98. The van der Waals surface area contributed by atoms with Gasteiger partial charge >= 0.3 is 0 Å². The van der Waals surface area contributed by atoms with E-state index in [0.717, 1.165) is 47.2 Å². The summed E-state index contributed by atoms with van der Waals surface area (Å²) in [6.45, 7) is 10.1. The molecule has 0 aromatic heterocycles. The maximum Gasteiger partial charge on any atom is 0.114 e. The minimum Gasteiger partial charge on any atom is -0.0771 e. The van der Waals surface area contributed by atoms with Gasteiger partial charge in [0.15, 0.2) is 0 Å². The van der Waals surface area contributed by atoms with Gasteiger partial charge in [-0.2, -0.15) is 0 Å². The lowest BCUT2D eigenvalue weighted by atomic mass is 9.42. The molecule has 0 N–H and O–H groups in total. The van der Waals surface area contributed by atoms with E-state index in [1.165, 1.54) is 51.3 Å². The highest BCUT2D eigenvalue weighted by Gasteiger charge is 2.41. The standard InChI is InChI=1S/C20H36B/c1-13-5-6-16(4)19-11-14(2)8-17(7-13)12-21-20(19)18-9-15(3)10-18/h13-20H,5-12H2,1-4H3. The van der Waals surface area contributed by atoms with Crippen molar-refractivity contribution in [3.8, 4) is 0 Å². The van der Waals surface area contributed by atoms with E-state index in [4.69, 9.17) is 0 Å². The Balaban J connectivity index is 1.79. The highest BCUT2D eigenvalue weighted by Crippen LogP contribution is 2.51. The van der Waals surface area contributed by atoms with Crippen LogP contribution in [-0.2, 0) is 0 Å². The molecule has 2 saturated carbocycles. The zero-order valence-corrected chi connectivity index (χ0v) is 14.9. The van der Waals surface area contributed by atoms with Crippen molar-refractivity contribution in [1.82, 2.24) is 0 Å². The van der Waals surface area contributed by atoms with Gasteiger partial charge in [0.25, 0.3) is 0 Å². The van der Waals surface area contributed by atoms with Crippen molar-refractivity contribution in [3.05, 3.63) is 0 Å². The quantitative estimate of drug-likeness (QED) is 0.514. The van der Waals surface area contributed by atoms with Gasteiger partial charge in [-0.3, -0.25) is 0 Å². The summed E-state index contributed by atoms with van der Waals surface area (Å²) in [6.07, 6.45) is 11.9. The van der Waals surface area contributed by atoms with Crippen LogP contribution in [0.2, 0.25) is 12.1 Å². The predicted octanol–water partition coefficient (Wildman–Crippen LogP) is 6.06. The van der Waals surface area contributed by atoms with E-state index < -0.39 is 0 Å². The van der Waals surface area contributed by atoms with Crippen molar-refractivity contribution in [1.29, 1.82) is 0 Å². The van der Waals surface area contributed by atoms with E-state index in [2.05, 4.69) is 35.0 Å². The van der Waals surface area contributed by atoms with Crippen LogP contribution in [0, 0.1) is 41.4 Å². The van der Waals surface area contributed by atoms with Crippen molar-refractivity contribution in [2.45, 2.75) is 84.8 Å². The van der Waals surface area contributed by atoms with Gasteiger partial charge < -0.3 is 0 Å². The lowest BCUT2D eigenvalue weighted by Gasteiger charge is -2.47. The van der Waals surface area contributed by atoms with Gasteiger partial charge in [0.2, 0.25) is 0 Å². The molecule has 2 heterocycles. The minimum absolute atomic E-state index is 0.946. The molecule has 0 aromatic carbocycles. The number of rotatable bonds is 1. The van der Waals surface area contributed by atoms with Crippen LogP contribution in [0.4, 0.5) is 0 Å². The van der Waals surface area contributed by atoms with Crippen LogP contribution in [0.25, 0.3) is 0 Å². The summed E-state index contributed by atoms with van der Waals surface area (Å²) < 4.78 is 0. The first-order valence-electron chi connectivity index (χ1n) is 9.86. The molecule has 1 heteroatoms. The third-order valence-electron chi connectivity index (χ3n) is 7.18. The highest BCUT2D eigenvalue weighted by molar-refractivity contribution is 6.38. The van der Waals surface area contributed by atoms with Crippen LogP contribution in [0.5, 0.6) is 0 Å². The topological polar surface area (TPSA) is 0 Å². The number of hydrogen-bond acceptors (Lipinski definition) is 0. The maximum atomic E-state index is 2.83. The van der Waals surface area contributed by atoms with Crippen LogP contribution >= 0.6 is 0 Å². The zero-order valence-electron chi connectivity index (χ0n) is 14.9. The summed E-state index contributed by atoms with van der Waals surface area (Å²) >= 11 is 0. The Labute approximate surface area is 134 Å². The molecule has 1 radical (unpaired) electrons. The van der Waals surface area contributed by atoms with Gasteiger partial charge in [0.1, 0.15) is 7.28 Å². The summed E-state index contributed by atoms with van der Waals surface area (Å²) in [6, 6.07) is 0. The van der Waals surface area contributed by atoms with E-state index in [1.54, 1.807) is 0 Å². The molecule has 4 fully saturated rings. The first-order chi connectivity index (χ1) is 10.0. The summed E-state index contributed by atoms with van der Waals surface area (Å²) in [5.74, 6) is 7.84. The van der Waals surface area contributed by atoms with Crippen LogP contribution in [0.3, 0.4) is 0 Å². The molecule has 2 bridgehead atoms. The Morgan fingerprint density at radius 2 is 1.38 bits per heavy atom. The summed E-state index contributed by atoms with van der Waals surface area (Å²) in [5.41, 5.74) is 0. The Morgan fingerprint density at radius 3 is 2.10 bits per heavy atom.